The van der Waals surface area contributed by atoms with Crippen molar-refractivity contribution in [3.8, 4) is 35.5 Å². The molecule has 0 amide bonds. The van der Waals surface area contributed by atoms with Crippen molar-refractivity contribution >= 4 is 35.8 Å². The van der Waals surface area contributed by atoms with Crippen LogP contribution in [0.5, 0.6) is 0 Å². The van der Waals surface area contributed by atoms with Gasteiger partial charge >= 0.3 is 35.8 Å². The number of rotatable bonds is 6. The number of aromatic carboxylic acids is 6. The lowest BCUT2D eigenvalue weighted by molar-refractivity contribution is 0.0676. The molecule has 0 unspecified atom stereocenters. The van der Waals surface area contributed by atoms with E-state index in [1.807, 2.05) is 0 Å². The normalized spacial score (nSPS) is 9.75. The molecule has 4 rings (SSSR count). The third-order valence-electron chi connectivity index (χ3n) is 6.27. The van der Waals surface area contributed by atoms with Crippen molar-refractivity contribution in [3.63, 3.8) is 0 Å². The molecule has 0 heterocycles. The number of carbonyl (C=O) groups is 6. The standard InChI is InChI=1S/C36H18O12/c37-31(38)25-10-22(11-26(16-25)32(39)40)4-1-19-7-20(2-5-23-12-27(33(41)42)17-28(13-23)34(43)44)9-21(8-19)3-6-24-14-29(35(45)46)18-30(15-24)36(47)48/h7-18H,(H,37,38)(H,39,40)(H,41,42)(H,43,44)(H,45,46)(H,47,48). The Bertz CT molecular complexity index is 1910. The van der Waals surface area contributed by atoms with Gasteiger partial charge < -0.3 is 30.6 Å². The van der Waals surface area contributed by atoms with Crippen LogP contribution in [0.15, 0.2) is 72.8 Å². The first-order chi connectivity index (χ1) is 22.7. The Morgan fingerprint density at radius 1 is 0.271 bits per heavy atom. The fourth-order valence-electron chi connectivity index (χ4n) is 4.12. The largest absolute Gasteiger partial charge is 0.478 e. The fraction of sp³-hybridized carbons (Fsp3) is 0. The third kappa shape index (κ3) is 8.51. The number of hydrogen-bond acceptors (Lipinski definition) is 6. The highest BCUT2D eigenvalue weighted by atomic mass is 16.4. The Kier molecular flexibility index (Phi) is 9.70. The lowest BCUT2D eigenvalue weighted by atomic mass is 10.0. The van der Waals surface area contributed by atoms with Gasteiger partial charge in [0.1, 0.15) is 0 Å². The molecule has 0 atom stereocenters. The zero-order chi connectivity index (χ0) is 35.1. The summed E-state index contributed by atoms with van der Waals surface area (Å²) in [5, 5.41) is 56.2. The molecule has 0 radical (unpaired) electrons. The van der Waals surface area contributed by atoms with Crippen LogP contribution >= 0.6 is 0 Å². The Morgan fingerprint density at radius 2 is 0.417 bits per heavy atom. The molecule has 12 heteroatoms. The summed E-state index contributed by atoms with van der Waals surface area (Å²) in [5.41, 5.74) is -0.896. The van der Waals surface area contributed by atoms with Gasteiger partial charge in [0, 0.05) is 33.4 Å². The molecule has 0 aliphatic carbocycles. The summed E-state index contributed by atoms with van der Waals surface area (Å²) in [4.78, 5) is 69.0. The average molecular weight is 643 g/mol. The van der Waals surface area contributed by atoms with Crippen LogP contribution in [-0.2, 0) is 0 Å². The maximum atomic E-state index is 11.5. The number of benzene rings is 4. The van der Waals surface area contributed by atoms with Gasteiger partial charge in [0.15, 0.2) is 0 Å². The molecule has 0 aliphatic rings. The summed E-state index contributed by atoms with van der Waals surface area (Å²) in [7, 11) is 0. The molecule has 4 aromatic rings. The first-order valence-electron chi connectivity index (χ1n) is 13.2. The van der Waals surface area contributed by atoms with E-state index in [9.17, 15) is 59.4 Å². The summed E-state index contributed by atoms with van der Waals surface area (Å²) in [5.74, 6) is 8.24. The van der Waals surface area contributed by atoms with Gasteiger partial charge in [0.25, 0.3) is 0 Å². The maximum Gasteiger partial charge on any atom is 0.335 e. The molecule has 0 fully saturated rings. The molecular formula is C36H18O12. The lowest BCUT2D eigenvalue weighted by Crippen LogP contribution is -2.03. The van der Waals surface area contributed by atoms with Gasteiger partial charge in [0.05, 0.1) is 33.4 Å². The van der Waals surface area contributed by atoms with Gasteiger partial charge in [-0.3, -0.25) is 0 Å². The SMILES string of the molecule is O=C(O)c1cc(C#Cc2cc(C#Cc3cc(C(=O)O)cc(C(=O)O)c3)cc(C#Cc3cc(C(=O)O)cc(C(=O)O)c3)c2)cc(C(=O)O)c1. The van der Waals surface area contributed by atoms with Gasteiger partial charge in [-0.15, -0.1) is 0 Å². The minimum atomic E-state index is -1.37. The molecule has 0 aromatic heterocycles. The van der Waals surface area contributed by atoms with Gasteiger partial charge in [-0.25, -0.2) is 28.8 Å². The van der Waals surface area contributed by atoms with E-state index >= 15 is 0 Å². The second-order valence-electron chi connectivity index (χ2n) is 9.78. The van der Waals surface area contributed by atoms with Crippen molar-refractivity contribution in [2.45, 2.75) is 0 Å². The van der Waals surface area contributed by atoms with Crippen molar-refractivity contribution in [3.05, 3.63) is 140 Å². The van der Waals surface area contributed by atoms with Crippen LogP contribution in [0.3, 0.4) is 0 Å². The maximum absolute atomic E-state index is 11.5. The lowest BCUT2D eigenvalue weighted by Gasteiger charge is -2.02. The van der Waals surface area contributed by atoms with Crippen molar-refractivity contribution in [1.29, 1.82) is 0 Å². The zero-order valence-corrected chi connectivity index (χ0v) is 24.1. The van der Waals surface area contributed by atoms with Crippen molar-refractivity contribution in [1.82, 2.24) is 0 Å². The van der Waals surface area contributed by atoms with E-state index in [1.165, 1.54) is 54.6 Å². The number of carboxylic acid groups (broad SMARTS) is 6. The first-order valence-corrected chi connectivity index (χ1v) is 13.2. The van der Waals surface area contributed by atoms with E-state index in [-0.39, 0.29) is 66.8 Å². The highest BCUT2D eigenvalue weighted by Crippen LogP contribution is 2.15. The van der Waals surface area contributed by atoms with Crippen molar-refractivity contribution in [2.24, 2.45) is 0 Å². The minimum absolute atomic E-state index is 0.0646. The highest BCUT2D eigenvalue weighted by Gasteiger charge is 2.13. The molecule has 0 bridgehead atoms. The first kappa shape index (κ1) is 33.3. The van der Waals surface area contributed by atoms with Crippen LogP contribution < -0.4 is 0 Å². The molecule has 48 heavy (non-hydrogen) atoms. The molecular weight excluding hydrogens is 624 g/mol. The van der Waals surface area contributed by atoms with Crippen LogP contribution in [0.1, 0.15) is 95.5 Å². The average Bonchev–Trinajstić information content (AvgIpc) is 3.04. The van der Waals surface area contributed by atoms with E-state index in [0.717, 1.165) is 18.2 Å². The van der Waals surface area contributed by atoms with Gasteiger partial charge in [-0.2, -0.15) is 0 Å². The van der Waals surface area contributed by atoms with E-state index in [4.69, 9.17) is 0 Å². The third-order valence-corrected chi connectivity index (χ3v) is 6.27. The summed E-state index contributed by atoms with van der Waals surface area (Å²) in [6.45, 7) is 0. The van der Waals surface area contributed by atoms with Crippen molar-refractivity contribution < 1.29 is 59.4 Å². The predicted molar refractivity (Wildman–Crippen MR) is 165 cm³/mol. The van der Waals surface area contributed by atoms with Gasteiger partial charge in [0.2, 0.25) is 0 Å². The summed E-state index contributed by atoms with van der Waals surface area (Å²) in [6.07, 6.45) is 0. The predicted octanol–water partition coefficient (Wildman–Crippen LogP) is 4.08. The molecule has 234 valence electrons. The quantitative estimate of drug-likeness (QED) is 0.164. The smallest absolute Gasteiger partial charge is 0.335 e. The molecule has 6 N–H and O–H groups in total. The minimum Gasteiger partial charge on any atom is -0.478 e. The topological polar surface area (TPSA) is 224 Å². The summed E-state index contributed by atoms with van der Waals surface area (Å²) < 4.78 is 0. The number of carboxylic acids is 6. The Morgan fingerprint density at radius 3 is 0.562 bits per heavy atom. The monoisotopic (exact) mass is 642 g/mol. The second-order valence-corrected chi connectivity index (χ2v) is 9.78. The molecule has 0 aliphatic heterocycles. The van der Waals surface area contributed by atoms with Gasteiger partial charge in [-0.1, -0.05) is 35.5 Å². The van der Waals surface area contributed by atoms with E-state index in [1.54, 1.807) is 0 Å². The van der Waals surface area contributed by atoms with Gasteiger partial charge in [-0.05, 0) is 72.8 Å². The van der Waals surface area contributed by atoms with Crippen LogP contribution in [0.25, 0.3) is 0 Å². The zero-order valence-electron chi connectivity index (χ0n) is 24.1. The van der Waals surface area contributed by atoms with Crippen LogP contribution in [0.4, 0.5) is 0 Å². The molecule has 0 saturated heterocycles. The van der Waals surface area contributed by atoms with Crippen molar-refractivity contribution in [2.75, 3.05) is 0 Å². The van der Waals surface area contributed by atoms with E-state index < -0.39 is 35.8 Å². The Labute approximate surface area is 270 Å². The van der Waals surface area contributed by atoms with Crippen LogP contribution in [0.2, 0.25) is 0 Å². The van der Waals surface area contributed by atoms with Crippen LogP contribution in [0, 0.1) is 35.5 Å². The summed E-state index contributed by atoms with van der Waals surface area (Å²) in [6, 6.07) is 14.4. The highest BCUT2D eigenvalue weighted by molar-refractivity contribution is 5.96. The molecule has 0 saturated carbocycles. The molecule has 4 aromatic carbocycles. The second kappa shape index (κ2) is 14.0. The molecule has 12 nitrogen and oxygen atoms in total. The number of hydrogen-bond donors (Lipinski definition) is 6. The van der Waals surface area contributed by atoms with Crippen LogP contribution in [-0.4, -0.2) is 66.5 Å². The summed E-state index contributed by atoms with van der Waals surface area (Å²) >= 11 is 0. The fourth-order valence-corrected chi connectivity index (χ4v) is 4.12. The van der Waals surface area contributed by atoms with E-state index in [0.29, 0.717) is 0 Å². The molecule has 0 spiro atoms. The Balaban J connectivity index is 1.87. The van der Waals surface area contributed by atoms with E-state index in [2.05, 4.69) is 35.5 Å². The Hall–Kier alpha value is -7.62.